The highest BCUT2D eigenvalue weighted by Crippen LogP contribution is 2.60. The molecule has 2 nitrogen and oxygen atoms in total. The SMILES string of the molecule is COCC[C@H]1C[C@H]2C[C@@H]([C@@H]1N)C2(C)C. The zero-order valence-electron chi connectivity index (χ0n) is 9.62. The van der Waals surface area contributed by atoms with Crippen LogP contribution in [-0.4, -0.2) is 19.8 Å². The van der Waals surface area contributed by atoms with Gasteiger partial charge in [0.05, 0.1) is 0 Å². The molecule has 0 heterocycles. The van der Waals surface area contributed by atoms with Crippen LogP contribution in [0.3, 0.4) is 0 Å². The molecule has 0 amide bonds. The third-order valence-corrected chi connectivity index (χ3v) is 4.84. The van der Waals surface area contributed by atoms with Gasteiger partial charge in [0.1, 0.15) is 0 Å². The molecule has 0 unspecified atom stereocenters. The first kappa shape index (κ1) is 10.4. The number of methoxy groups -OCH3 is 1. The molecule has 82 valence electrons. The highest BCUT2D eigenvalue weighted by atomic mass is 16.5. The van der Waals surface area contributed by atoms with Crippen molar-refractivity contribution < 1.29 is 4.74 Å². The molecule has 0 radical (unpaired) electrons. The minimum absolute atomic E-state index is 0.421. The van der Waals surface area contributed by atoms with E-state index in [1.54, 1.807) is 7.11 Å². The van der Waals surface area contributed by atoms with Crippen molar-refractivity contribution in [3.63, 3.8) is 0 Å². The summed E-state index contributed by atoms with van der Waals surface area (Å²) in [5.74, 6) is 2.41. The third-order valence-electron chi connectivity index (χ3n) is 4.84. The number of hydrogen-bond donors (Lipinski definition) is 1. The van der Waals surface area contributed by atoms with E-state index in [-0.39, 0.29) is 0 Å². The minimum Gasteiger partial charge on any atom is -0.385 e. The Balaban J connectivity index is 1.94. The van der Waals surface area contributed by atoms with Crippen LogP contribution >= 0.6 is 0 Å². The summed E-state index contributed by atoms with van der Waals surface area (Å²) in [5.41, 5.74) is 6.84. The molecular weight excluding hydrogens is 174 g/mol. The largest absolute Gasteiger partial charge is 0.385 e. The lowest BCUT2D eigenvalue weighted by Gasteiger charge is -2.62. The Morgan fingerprint density at radius 1 is 1.36 bits per heavy atom. The van der Waals surface area contributed by atoms with E-state index in [4.69, 9.17) is 10.5 Å². The highest BCUT2D eigenvalue weighted by molar-refractivity contribution is 5.07. The van der Waals surface area contributed by atoms with Gasteiger partial charge < -0.3 is 10.5 Å². The maximum atomic E-state index is 6.32. The molecule has 14 heavy (non-hydrogen) atoms. The van der Waals surface area contributed by atoms with Crippen LogP contribution in [0, 0.1) is 23.2 Å². The number of ether oxygens (including phenoxy) is 1. The van der Waals surface area contributed by atoms with Gasteiger partial charge in [-0.2, -0.15) is 0 Å². The topological polar surface area (TPSA) is 35.2 Å². The molecule has 3 fully saturated rings. The Morgan fingerprint density at radius 3 is 2.57 bits per heavy atom. The number of hydrogen-bond acceptors (Lipinski definition) is 2. The molecule has 0 aromatic carbocycles. The van der Waals surface area contributed by atoms with Crippen LogP contribution in [0.4, 0.5) is 0 Å². The van der Waals surface area contributed by atoms with Gasteiger partial charge in [-0.05, 0) is 42.4 Å². The van der Waals surface area contributed by atoms with Gasteiger partial charge in [-0.1, -0.05) is 13.8 Å². The van der Waals surface area contributed by atoms with Crippen LogP contribution in [0.25, 0.3) is 0 Å². The molecule has 0 aliphatic heterocycles. The molecule has 3 saturated carbocycles. The zero-order valence-corrected chi connectivity index (χ0v) is 9.62. The second kappa shape index (κ2) is 3.49. The fourth-order valence-electron chi connectivity index (χ4n) is 3.54. The quantitative estimate of drug-likeness (QED) is 0.751. The van der Waals surface area contributed by atoms with Crippen LogP contribution in [-0.2, 0) is 4.74 Å². The molecule has 3 rings (SSSR count). The molecule has 3 aliphatic rings. The van der Waals surface area contributed by atoms with Crippen molar-refractivity contribution in [3.05, 3.63) is 0 Å². The van der Waals surface area contributed by atoms with Crippen LogP contribution in [0.15, 0.2) is 0 Å². The Kier molecular flexibility index (Phi) is 2.61. The van der Waals surface area contributed by atoms with Gasteiger partial charge in [0.25, 0.3) is 0 Å². The third kappa shape index (κ3) is 1.40. The van der Waals surface area contributed by atoms with Gasteiger partial charge in [-0.25, -0.2) is 0 Å². The molecular formula is C12H23NO. The van der Waals surface area contributed by atoms with Crippen LogP contribution in [0.1, 0.15) is 33.1 Å². The average molecular weight is 197 g/mol. The molecule has 4 atom stereocenters. The van der Waals surface area contributed by atoms with Crippen molar-refractivity contribution >= 4 is 0 Å². The van der Waals surface area contributed by atoms with Gasteiger partial charge >= 0.3 is 0 Å². The zero-order chi connectivity index (χ0) is 10.3. The number of nitrogens with two attached hydrogens (primary N) is 1. The van der Waals surface area contributed by atoms with Crippen molar-refractivity contribution in [2.45, 2.75) is 39.2 Å². The minimum atomic E-state index is 0.421. The normalized spacial score (nSPS) is 44.6. The molecule has 0 saturated heterocycles. The van der Waals surface area contributed by atoms with E-state index in [0.29, 0.717) is 17.4 Å². The fraction of sp³-hybridized carbons (Fsp3) is 1.00. The fourth-order valence-corrected chi connectivity index (χ4v) is 3.54. The number of fused-ring (bicyclic) bond motifs is 2. The summed E-state index contributed by atoms with van der Waals surface area (Å²) >= 11 is 0. The first-order valence-electron chi connectivity index (χ1n) is 5.82. The van der Waals surface area contributed by atoms with E-state index in [0.717, 1.165) is 24.9 Å². The molecule has 3 aliphatic carbocycles. The summed E-state index contributed by atoms with van der Waals surface area (Å²) in [4.78, 5) is 0. The van der Waals surface area contributed by atoms with Crippen LogP contribution in [0.5, 0.6) is 0 Å². The summed E-state index contributed by atoms with van der Waals surface area (Å²) < 4.78 is 5.14. The predicted octanol–water partition coefficient (Wildman–Crippen LogP) is 2.03. The van der Waals surface area contributed by atoms with E-state index >= 15 is 0 Å². The smallest absolute Gasteiger partial charge is 0.0465 e. The molecule has 0 aromatic rings. The number of rotatable bonds is 3. The maximum absolute atomic E-state index is 6.32. The van der Waals surface area contributed by atoms with Gasteiger partial charge in [-0.15, -0.1) is 0 Å². The Labute approximate surface area is 87.2 Å². The van der Waals surface area contributed by atoms with E-state index in [1.165, 1.54) is 12.8 Å². The van der Waals surface area contributed by atoms with E-state index in [2.05, 4.69) is 13.8 Å². The highest BCUT2D eigenvalue weighted by Gasteiger charge is 2.56. The molecule has 2 N–H and O–H groups in total. The standard InChI is InChI=1S/C12H23NO/c1-12(2)9-6-8(4-5-14-3)11(13)10(12)7-9/h8-11H,4-7,13H2,1-3H3/t8-,9-,10-,11+/m0/s1. The van der Waals surface area contributed by atoms with E-state index in [9.17, 15) is 0 Å². The molecule has 2 heteroatoms. The first-order chi connectivity index (χ1) is 6.57. The van der Waals surface area contributed by atoms with E-state index in [1.807, 2.05) is 0 Å². The van der Waals surface area contributed by atoms with Gasteiger partial charge in [0.2, 0.25) is 0 Å². The summed E-state index contributed by atoms with van der Waals surface area (Å²) in [7, 11) is 1.78. The molecule has 2 bridgehead atoms. The average Bonchev–Trinajstić information content (AvgIpc) is 2.15. The lowest BCUT2D eigenvalue weighted by molar-refractivity contribution is -0.108. The molecule has 0 spiro atoms. The predicted molar refractivity (Wildman–Crippen MR) is 58.0 cm³/mol. The molecule has 0 aromatic heterocycles. The van der Waals surface area contributed by atoms with Crippen molar-refractivity contribution in [2.75, 3.05) is 13.7 Å². The van der Waals surface area contributed by atoms with Gasteiger partial charge in [0, 0.05) is 19.8 Å². The van der Waals surface area contributed by atoms with Crippen LogP contribution in [0.2, 0.25) is 0 Å². The van der Waals surface area contributed by atoms with Gasteiger partial charge in [0.15, 0.2) is 0 Å². The second-order valence-corrected chi connectivity index (χ2v) is 5.72. The van der Waals surface area contributed by atoms with Crippen LogP contribution < -0.4 is 5.73 Å². The van der Waals surface area contributed by atoms with Crippen molar-refractivity contribution in [1.82, 2.24) is 0 Å². The monoisotopic (exact) mass is 197 g/mol. The summed E-state index contributed by atoms with van der Waals surface area (Å²) in [6, 6.07) is 0.421. The van der Waals surface area contributed by atoms with Crippen molar-refractivity contribution in [3.8, 4) is 0 Å². The Bertz CT molecular complexity index is 214. The second-order valence-electron chi connectivity index (χ2n) is 5.72. The van der Waals surface area contributed by atoms with E-state index < -0.39 is 0 Å². The van der Waals surface area contributed by atoms with Crippen molar-refractivity contribution in [2.24, 2.45) is 28.9 Å². The van der Waals surface area contributed by atoms with Gasteiger partial charge in [-0.3, -0.25) is 0 Å². The lowest BCUT2D eigenvalue weighted by atomic mass is 9.45. The Morgan fingerprint density at radius 2 is 2.07 bits per heavy atom. The first-order valence-corrected chi connectivity index (χ1v) is 5.82. The maximum Gasteiger partial charge on any atom is 0.0465 e. The summed E-state index contributed by atoms with van der Waals surface area (Å²) in [6.45, 7) is 5.65. The van der Waals surface area contributed by atoms with Crippen molar-refractivity contribution in [1.29, 1.82) is 0 Å². The summed E-state index contributed by atoms with van der Waals surface area (Å²) in [6.07, 6.45) is 3.85. The summed E-state index contributed by atoms with van der Waals surface area (Å²) in [5, 5.41) is 0. The Hall–Kier alpha value is -0.0800. The lowest BCUT2D eigenvalue weighted by Crippen LogP contribution is -2.61.